The third-order valence-electron chi connectivity index (χ3n) is 2.46. The number of carbonyl (C=O) groups is 2. The average molecular weight is 320 g/mol. The molecule has 122 valence electrons. The molecule has 1 aromatic carbocycles. The molecule has 9 heteroatoms. The number of hydrogen-bond acceptors (Lipinski definition) is 3. The maximum atomic E-state index is 12.7. The number of nitrogens with one attached hydrogen (secondary N) is 2. The zero-order chi connectivity index (χ0) is 16.6. The van der Waals surface area contributed by atoms with Gasteiger partial charge in [0.15, 0.2) is 0 Å². The summed E-state index contributed by atoms with van der Waals surface area (Å²) in [5.74, 6) is -1.37. The predicted molar refractivity (Wildman–Crippen MR) is 70.6 cm³/mol. The highest BCUT2D eigenvalue weighted by atomic mass is 19.4. The third kappa shape index (κ3) is 6.33. The van der Waals surface area contributed by atoms with Crippen LogP contribution in [0.1, 0.15) is 12.0 Å². The van der Waals surface area contributed by atoms with Crippen LogP contribution in [0.5, 0.6) is 5.75 Å². The van der Waals surface area contributed by atoms with E-state index in [1.165, 1.54) is 18.2 Å². The number of para-hydroxylation sites is 1. The van der Waals surface area contributed by atoms with Gasteiger partial charge in [-0.05, 0) is 12.1 Å². The first kappa shape index (κ1) is 17.6. The SMILES string of the molecule is O=C(O)CCNC(=O)NCCOc1ccccc1C(F)(F)F. The van der Waals surface area contributed by atoms with Gasteiger partial charge in [0.2, 0.25) is 0 Å². The Morgan fingerprint density at radius 2 is 1.77 bits per heavy atom. The quantitative estimate of drug-likeness (QED) is 0.669. The fourth-order valence-corrected chi connectivity index (χ4v) is 1.50. The van der Waals surface area contributed by atoms with Crippen LogP contribution in [0.25, 0.3) is 0 Å². The molecule has 6 nitrogen and oxygen atoms in total. The van der Waals surface area contributed by atoms with Crippen molar-refractivity contribution in [3.63, 3.8) is 0 Å². The highest BCUT2D eigenvalue weighted by molar-refractivity contribution is 5.74. The summed E-state index contributed by atoms with van der Waals surface area (Å²) in [6, 6.07) is 4.14. The first-order valence-corrected chi connectivity index (χ1v) is 6.33. The van der Waals surface area contributed by atoms with Crippen LogP contribution in [0.4, 0.5) is 18.0 Å². The standard InChI is InChI=1S/C13H15F3N2O4/c14-13(15,16)9-3-1-2-4-10(9)22-8-7-18-12(21)17-6-5-11(19)20/h1-4H,5-8H2,(H,19,20)(H2,17,18,21). The summed E-state index contributed by atoms with van der Waals surface area (Å²) in [4.78, 5) is 21.4. The highest BCUT2D eigenvalue weighted by Crippen LogP contribution is 2.35. The zero-order valence-corrected chi connectivity index (χ0v) is 11.4. The van der Waals surface area contributed by atoms with E-state index in [1.54, 1.807) is 0 Å². The zero-order valence-electron chi connectivity index (χ0n) is 11.4. The first-order chi connectivity index (χ1) is 10.3. The maximum Gasteiger partial charge on any atom is 0.419 e. The van der Waals surface area contributed by atoms with E-state index in [0.717, 1.165) is 6.07 Å². The summed E-state index contributed by atoms with van der Waals surface area (Å²) in [5.41, 5.74) is -0.888. The molecular formula is C13H15F3N2O4. The predicted octanol–water partition coefficient (Wildman–Crippen LogP) is 1.86. The number of carbonyl (C=O) groups excluding carboxylic acids is 1. The van der Waals surface area contributed by atoms with Crippen LogP contribution in [-0.4, -0.2) is 36.8 Å². The minimum Gasteiger partial charge on any atom is -0.491 e. The lowest BCUT2D eigenvalue weighted by molar-refractivity contribution is -0.139. The van der Waals surface area contributed by atoms with E-state index < -0.39 is 23.7 Å². The van der Waals surface area contributed by atoms with Gasteiger partial charge in [-0.2, -0.15) is 13.2 Å². The second-order valence-electron chi connectivity index (χ2n) is 4.17. The number of rotatable bonds is 7. The molecule has 0 bridgehead atoms. The monoisotopic (exact) mass is 320 g/mol. The third-order valence-corrected chi connectivity index (χ3v) is 2.46. The molecule has 0 atom stereocenters. The fraction of sp³-hybridized carbons (Fsp3) is 0.385. The smallest absolute Gasteiger partial charge is 0.419 e. The molecule has 0 radical (unpaired) electrons. The Hall–Kier alpha value is -2.45. The van der Waals surface area contributed by atoms with Crippen LogP contribution < -0.4 is 15.4 Å². The summed E-state index contributed by atoms with van der Waals surface area (Å²) in [6.45, 7) is -0.219. The normalized spacial score (nSPS) is 10.9. The molecule has 0 fully saturated rings. The van der Waals surface area contributed by atoms with Crippen LogP contribution >= 0.6 is 0 Å². The van der Waals surface area contributed by atoms with Crippen LogP contribution in [0.2, 0.25) is 0 Å². The Balaban J connectivity index is 2.33. The van der Waals surface area contributed by atoms with Crippen molar-refractivity contribution in [1.82, 2.24) is 10.6 Å². The van der Waals surface area contributed by atoms with E-state index in [4.69, 9.17) is 9.84 Å². The first-order valence-electron chi connectivity index (χ1n) is 6.33. The van der Waals surface area contributed by atoms with Gasteiger partial charge in [-0.3, -0.25) is 4.79 Å². The molecule has 22 heavy (non-hydrogen) atoms. The van der Waals surface area contributed by atoms with E-state index in [2.05, 4.69) is 10.6 Å². The molecule has 0 spiro atoms. The molecule has 0 heterocycles. The number of alkyl halides is 3. The molecule has 0 aliphatic carbocycles. The minimum absolute atomic E-state index is 0.0227. The molecule has 0 unspecified atom stereocenters. The topological polar surface area (TPSA) is 87.7 Å². The second-order valence-corrected chi connectivity index (χ2v) is 4.17. The molecule has 1 aromatic rings. The van der Waals surface area contributed by atoms with E-state index in [0.29, 0.717) is 0 Å². The van der Waals surface area contributed by atoms with Crippen LogP contribution in [0.3, 0.4) is 0 Å². The van der Waals surface area contributed by atoms with Crippen molar-refractivity contribution < 1.29 is 32.6 Å². The van der Waals surface area contributed by atoms with Gasteiger partial charge in [0.05, 0.1) is 18.5 Å². The van der Waals surface area contributed by atoms with Gasteiger partial charge in [0.1, 0.15) is 12.4 Å². The number of aliphatic carboxylic acids is 1. The molecule has 1 rings (SSSR count). The lowest BCUT2D eigenvalue weighted by atomic mass is 10.2. The summed E-state index contributed by atoms with van der Waals surface area (Å²) in [6.07, 6.45) is -4.74. The molecule has 3 N–H and O–H groups in total. The maximum absolute atomic E-state index is 12.7. The molecule has 0 aliphatic rings. The van der Waals surface area contributed by atoms with E-state index in [9.17, 15) is 22.8 Å². The Bertz CT molecular complexity index is 520. The Morgan fingerprint density at radius 3 is 2.41 bits per heavy atom. The van der Waals surface area contributed by atoms with Crippen LogP contribution in [-0.2, 0) is 11.0 Å². The van der Waals surface area contributed by atoms with Crippen molar-refractivity contribution >= 4 is 12.0 Å². The summed E-state index contributed by atoms with van der Waals surface area (Å²) in [7, 11) is 0. The van der Waals surface area contributed by atoms with Gasteiger partial charge in [-0.15, -0.1) is 0 Å². The number of hydrogen-bond donors (Lipinski definition) is 3. The summed E-state index contributed by atoms with van der Waals surface area (Å²) in [5, 5.41) is 13.0. The van der Waals surface area contributed by atoms with E-state index in [-0.39, 0.29) is 31.9 Å². The van der Waals surface area contributed by atoms with Gasteiger partial charge in [-0.1, -0.05) is 12.1 Å². The average Bonchev–Trinajstić information content (AvgIpc) is 2.42. The molecule has 0 saturated heterocycles. The number of carboxylic acid groups (broad SMARTS) is 1. The summed E-state index contributed by atoms with van der Waals surface area (Å²) < 4.78 is 43.0. The van der Waals surface area contributed by atoms with Gasteiger partial charge in [0.25, 0.3) is 0 Å². The number of amides is 2. The van der Waals surface area contributed by atoms with Gasteiger partial charge in [0, 0.05) is 6.54 Å². The van der Waals surface area contributed by atoms with Crippen LogP contribution in [0, 0.1) is 0 Å². The Kier molecular flexibility index (Phi) is 6.48. The van der Waals surface area contributed by atoms with Gasteiger partial charge < -0.3 is 20.5 Å². The summed E-state index contributed by atoms with van der Waals surface area (Å²) >= 11 is 0. The number of urea groups is 1. The highest BCUT2D eigenvalue weighted by Gasteiger charge is 2.33. The number of carboxylic acids is 1. The van der Waals surface area contributed by atoms with E-state index >= 15 is 0 Å². The molecular weight excluding hydrogens is 305 g/mol. The second kappa shape index (κ2) is 8.11. The molecule has 2 amide bonds. The van der Waals surface area contributed by atoms with Crippen molar-refractivity contribution in [2.75, 3.05) is 19.7 Å². The lowest BCUT2D eigenvalue weighted by Crippen LogP contribution is -2.38. The largest absolute Gasteiger partial charge is 0.491 e. The lowest BCUT2D eigenvalue weighted by Gasteiger charge is -2.14. The number of ether oxygens (including phenoxy) is 1. The van der Waals surface area contributed by atoms with Crippen molar-refractivity contribution in [1.29, 1.82) is 0 Å². The van der Waals surface area contributed by atoms with E-state index in [1.807, 2.05) is 0 Å². The molecule has 0 aliphatic heterocycles. The Morgan fingerprint density at radius 1 is 1.14 bits per heavy atom. The van der Waals surface area contributed by atoms with Crippen molar-refractivity contribution in [3.05, 3.63) is 29.8 Å². The van der Waals surface area contributed by atoms with Crippen molar-refractivity contribution in [2.45, 2.75) is 12.6 Å². The Labute approximate surface area is 124 Å². The molecule has 0 saturated carbocycles. The van der Waals surface area contributed by atoms with Crippen molar-refractivity contribution in [2.24, 2.45) is 0 Å². The van der Waals surface area contributed by atoms with Crippen molar-refractivity contribution in [3.8, 4) is 5.75 Å². The molecule has 0 aromatic heterocycles. The number of benzene rings is 1. The van der Waals surface area contributed by atoms with Gasteiger partial charge >= 0.3 is 18.2 Å². The van der Waals surface area contributed by atoms with Crippen LogP contribution in [0.15, 0.2) is 24.3 Å². The fourth-order valence-electron chi connectivity index (χ4n) is 1.50. The number of halogens is 3. The van der Waals surface area contributed by atoms with Gasteiger partial charge in [-0.25, -0.2) is 4.79 Å². The minimum atomic E-state index is -4.52.